The van der Waals surface area contributed by atoms with Crippen LogP contribution in [0.25, 0.3) is 0 Å². The minimum absolute atomic E-state index is 0.0767. The monoisotopic (exact) mass is 285 g/mol. The van der Waals surface area contributed by atoms with Crippen molar-refractivity contribution >= 4 is 11.6 Å². The summed E-state index contributed by atoms with van der Waals surface area (Å²) in [4.78, 5) is 0. The normalized spacial score (nSPS) is 25.6. The fourth-order valence-electron chi connectivity index (χ4n) is 2.94. The first-order chi connectivity index (χ1) is 9.14. The van der Waals surface area contributed by atoms with Gasteiger partial charge in [-0.1, -0.05) is 31.0 Å². The van der Waals surface area contributed by atoms with Crippen molar-refractivity contribution in [2.75, 3.05) is 26.8 Å². The van der Waals surface area contributed by atoms with E-state index < -0.39 is 0 Å². The molecule has 2 nitrogen and oxygen atoms in total. The Balaban J connectivity index is 2.11. The summed E-state index contributed by atoms with van der Waals surface area (Å²) < 4.78 is 18.2. The highest BCUT2D eigenvalue weighted by Gasteiger charge is 2.54. The Morgan fingerprint density at radius 2 is 2.32 bits per heavy atom. The maximum Gasteiger partial charge on any atom is 0.124 e. The SMILES string of the molecule is CCC1CC1(CNCCOC)c1ccc(F)cc1Cl. The topological polar surface area (TPSA) is 21.3 Å². The van der Waals surface area contributed by atoms with Crippen molar-refractivity contribution in [2.45, 2.75) is 25.2 Å². The third kappa shape index (κ3) is 3.10. The fourth-order valence-corrected chi connectivity index (χ4v) is 3.29. The molecule has 2 atom stereocenters. The van der Waals surface area contributed by atoms with Gasteiger partial charge in [-0.3, -0.25) is 0 Å². The van der Waals surface area contributed by atoms with E-state index in [1.165, 1.54) is 12.1 Å². The van der Waals surface area contributed by atoms with Gasteiger partial charge in [0.2, 0.25) is 0 Å². The molecule has 1 aromatic rings. The van der Waals surface area contributed by atoms with Crippen LogP contribution in [0.4, 0.5) is 4.39 Å². The number of benzene rings is 1. The summed E-state index contributed by atoms with van der Waals surface area (Å²) in [6, 6.07) is 4.76. The molecule has 1 N–H and O–H groups in total. The first-order valence-electron chi connectivity index (χ1n) is 6.79. The lowest BCUT2D eigenvalue weighted by Gasteiger charge is -2.20. The second-order valence-electron chi connectivity index (χ2n) is 5.26. The molecular formula is C15H21ClFNO. The second kappa shape index (κ2) is 6.21. The lowest BCUT2D eigenvalue weighted by atomic mass is 9.92. The van der Waals surface area contributed by atoms with Gasteiger partial charge < -0.3 is 10.1 Å². The highest BCUT2D eigenvalue weighted by atomic mass is 35.5. The highest BCUT2D eigenvalue weighted by molar-refractivity contribution is 6.31. The van der Waals surface area contributed by atoms with E-state index in [4.69, 9.17) is 16.3 Å². The van der Waals surface area contributed by atoms with Gasteiger partial charge >= 0.3 is 0 Å². The van der Waals surface area contributed by atoms with Gasteiger partial charge in [-0.15, -0.1) is 0 Å². The molecule has 1 aliphatic carbocycles. The quantitative estimate of drug-likeness (QED) is 0.776. The number of hydrogen-bond acceptors (Lipinski definition) is 2. The molecule has 1 saturated carbocycles. The molecule has 0 saturated heterocycles. The molecule has 1 aromatic carbocycles. The predicted octanol–water partition coefficient (Wildman–Crippen LogP) is 3.38. The number of methoxy groups -OCH3 is 1. The predicted molar refractivity (Wildman–Crippen MR) is 76.2 cm³/mol. The molecule has 19 heavy (non-hydrogen) atoms. The van der Waals surface area contributed by atoms with E-state index in [2.05, 4.69) is 12.2 Å². The van der Waals surface area contributed by atoms with Crippen molar-refractivity contribution in [3.05, 3.63) is 34.6 Å². The van der Waals surface area contributed by atoms with Crippen molar-refractivity contribution in [3.63, 3.8) is 0 Å². The van der Waals surface area contributed by atoms with Gasteiger partial charge in [0.25, 0.3) is 0 Å². The molecule has 0 heterocycles. The number of hydrogen-bond donors (Lipinski definition) is 1. The Morgan fingerprint density at radius 3 is 2.89 bits per heavy atom. The zero-order valence-electron chi connectivity index (χ0n) is 11.5. The first kappa shape index (κ1) is 14.8. The summed E-state index contributed by atoms with van der Waals surface area (Å²) in [5.74, 6) is 0.357. The third-order valence-electron chi connectivity index (χ3n) is 4.12. The average molecular weight is 286 g/mol. The van der Waals surface area contributed by atoms with Crippen molar-refractivity contribution in [2.24, 2.45) is 5.92 Å². The number of nitrogens with one attached hydrogen (secondary N) is 1. The van der Waals surface area contributed by atoms with E-state index in [0.717, 1.165) is 31.5 Å². The number of halogens is 2. The molecule has 0 amide bonds. The molecular weight excluding hydrogens is 265 g/mol. The maximum atomic E-state index is 13.2. The van der Waals surface area contributed by atoms with E-state index in [9.17, 15) is 4.39 Å². The molecule has 0 spiro atoms. The van der Waals surface area contributed by atoms with E-state index in [1.807, 2.05) is 6.07 Å². The standard InChI is InChI=1S/C15H21ClFNO/c1-3-11-9-15(11,10-18-6-7-19-2)13-5-4-12(17)8-14(13)16/h4-5,8,11,18H,3,6-7,9-10H2,1-2H3. The Kier molecular flexibility index (Phi) is 4.82. The third-order valence-corrected chi connectivity index (χ3v) is 4.43. The van der Waals surface area contributed by atoms with Crippen LogP contribution in [-0.2, 0) is 10.2 Å². The minimum Gasteiger partial charge on any atom is -0.383 e. The van der Waals surface area contributed by atoms with Crippen LogP contribution in [0.2, 0.25) is 5.02 Å². The summed E-state index contributed by atoms with van der Waals surface area (Å²) in [6.07, 6.45) is 2.24. The van der Waals surface area contributed by atoms with E-state index in [0.29, 0.717) is 17.5 Å². The van der Waals surface area contributed by atoms with Crippen molar-refractivity contribution in [1.82, 2.24) is 5.32 Å². The molecule has 4 heteroatoms. The molecule has 2 rings (SSSR count). The average Bonchev–Trinajstić information content (AvgIpc) is 3.09. The summed E-state index contributed by atoms with van der Waals surface area (Å²) in [6.45, 7) is 4.59. The Morgan fingerprint density at radius 1 is 1.53 bits per heavy atom. The molecule has 1 fully saturated rings. The van der Waals surface area contributed by atoms with Gasteiger partial charge in [0.15, 0.2) is 0 Å². The van der Waals surface area contributed by atoms with Crippen LogP contribution in [0.15, 0.2) is 18.2 Å². The molecule has 0 aliphatic heterocycles. The fraction of sp³-hybridized carbons (Fsp3) is 0.600. The van der Waals surface area contributed by atoms with Gasteiger partial charge in [-0.05, 0) is 30.0 Å². The summed E-state index contributed by atoms with van der Waals surface area (Å²) >= 11 is 6.22. The molecule has 0 aromatic heterocycles. The molecule has 2 unspecified atom stereocenters. The van der Waals surface area contributed by atoms with Crippen molar-refractivity contribution < 1.29 is 9.13 Å². The van der Waals surface area contributed by atoms with Gasteiger partial charge in [-0.25, -0.2) is 4.39 Å². The van der Waals surface area contributed by atoms with Gasteiger partial charge in [0.1, 0.15) is 5.82 Å². The molecule has 1 aliphatic rings. The minimum atomic E-state index is -0.273. The lowest BCUT2D eigenvalue weighted by molar-refractivity contribution is 0.198. The van der Waals surface area contributed by atoms with Crippen LogP contribution in [0.5, 0.6) is 0 Å². The summed E-state index contributed by atoms with van der Waals surface area (Å²) in [5, 5.41) is 3.96. The first-order valence-corrected chi connectivity index (χ1v) is 7.17. The zero-order valence-corrected chi connectivity index (χ0v) is 12.3. The summed E-state index contributed by atoms with van der Waals surface area (Å²) in [5.41, 5.74) is 1.15. The van der Waals surface area contributed by atoms with Crippen LogP contribution in [0.1, 0.15) is 25.3 Å². The van der Waals surface area contributed by atoms with E-state index >= 15 is 0 Å². The van der Waals surface area contributed by atoms with Crippen molar-refractivity contribution in [1.29, 1.82) is 0 Å². The second-order valence-corrected chi connectivity index (χ2v) is 5.67. The molecule has 0 bridgehead atoms. The van der Waals surface area contributed by atoms with E-state index in [-0.39, 0.29) is 11.2 Å². The number of rotatable bonds is 7. The van der Waals surface area contributed by atoms with Crippen LogP contribution < -0.4 is 5.32 Å². The van der Waals surface area contributed by atoms with E-state index in [1.54, 1.807) is 7.11 Å². The van der Waals surface area contributed by atoms with Gasteiger partial charge in [0, 0.05) is 30.6 Å². The highest BCUT2D eigenvalue weighted by Crippen LogP contribution is 2.57. The van der Waals surface area contributed by atoms with Crippen LogP contribution in [-0.4, -0.2) is 26.8 Å². The number of ether oxygens (including phenoxy) is 1. The maximum absolute atomic E-state index is 13.2. The Bertz CT molecular complexity index is 440. The molecule has 0 radical (unpaired) electrons. The summed E-state index contributed by atoms with van der Waals surface area (Å²) in [7, 11) is 1.69. The van der Waals surface area contributed by atoms with Crippen LogP contribution in [0, 0.1) is 11.7 Å². The molecule has 106 valence electrons. The smallest absolute Gasteiger partial charge is 0.124 e. The largest absolute Gasteiger partial charge is 0.383 e. The van der Waals surface area contributed by atoms with Gasteiger partial charge in [-0.2, -0.15) is 0 Å². The van der Waals surface area contributed by atoms with Gasteiger partial charge in [0.05, 0.1) is 6.61 Å². The lowest BCUT2D eigenvalue weighted by Crippen LogP contribution is -2.31. The zero-order chi connectivity index (χ0) is 13.9. The Hall–Kier alpha value is -0.640. The van der Waals surface area contributed by atoms with Crippen LogP contribution in [0.3, 0.4) is 0 Å². The van der Waals surface area contributed by atoms with Crippen molar-refractivity contribution in [3.8, 4) is 0 Å². The Labute approximate surface area is 119 Å². The van der Waals surface area contributed by atoms with Crippen LogP contribution >= 0.6 is 11.6 Å².